The van der Waals surface area contributed by atoms with E-state index in [4.69, 9.17) is 0 Å². The molecule has 26 heavy (non-hydrogen) atoms. The fourth-order valence-electron chi connectivity index (χ4n) is 2.84. The van der Waals surface area contributed by atoms with E-state index in [9.17, 15) is 24.5 Å². The molecule has 2 aromatic heterocycles. The average molecular weight is 350 g/mol. The van der Waals surface area contributed by atoms with Crippen molar-refractivity contribution in [3.63, 3.8) is 0 Å². The molecular weight excluding hydrogens is 340 g/mol. The summed E-state index contributed by atoms with van der Waals surface area (Å²) in [5.74, 6) is 0. The number of para-hydroxylation sites is 1. The smallest absolute Gasteiger partial charge is 0.287 e. The minimum absolute atomic E-state index is 0.0333. The SMILES string of the molecule is O=c1[nH]n(-c2ccccc2)c(=O)c2c(=O)c3cc([N+](=O)[O-])ccc3[nH]c12. The molecule has 128 valence electrons. The second kappa shape index (κ2) is 5.52. The number of nitro benzene ring substituents is 1. The Balaban J connectivity index is 2.18. The van der Waals surface area contributed by atoms with Crippen LogP contribution in [0.1, 0.15) is 0 Å². The van der Waals surface area contributed by atoms with Gasteiger partial charge in [-0.25, -0.2) is 4.68 Å². The number of aromatic amines is 2. The number of nitrogens with zero attached hydrogens (tertiary/aromatic N) is 2. The fraction of sp³-hybridized carbons (Fsp3) is 0. The Labute approximate surface area is 143 Å². The Morgan fingerprint density at radius 3 is 2.42 bits per heavy atom. The van der Waals surface area contributed by atoms with Gasteiger partial charge in [-0.1, -0.05) is 18.2 Å². The number of H-pyrrole nitrogens is 2. The zero-order valence-electron chi connectivity index (χ0n) is 13.1. The highest BCUT2D eigenvalue weighted by molar-refractivity contribution is 5.92. The van der Waals surface area contributed by atoms with Crippen molar-refractivity contribution >= 4 is 27.5 Å². The van der Waals surface area contributed by atoms with Crippen molar-refractivity contribution in [2.75, 3.05) is 0 Å². The lowest BCUT2D eigenvalue weighted by Gasteiger charge is -2.07. The third-order valence-electron chi connectivity index (χ3n) is 4.07. The molecule has 0 unspecified atom stereocenters. The van der Waals surface area contributed by atoms with Crippen LogP contribution in [0.25, 0.3) is 27.5 Å². The molecule has 0 aliphatic carbocycles. The minimum Gasteiger partial charge on any atom is -0.350 e. The van der Waals surface area contributed by atoms with Gasteiger partial charge in [0, 0.05) is 12.1 Å². The molecule has 2 aromatic carbocycles. The van der Waals surface area contributed by atoms with E-state index in [2.05, 4.69) is 10.1 Å². The summed E-state index contributed by atoms with van der Waals surface area (Å²) in [7, 11) is 0. The number of non-ortho nitro benzene ring substituents is 1. The molecule has 0 saturated carbocycles. The number of nitro groups is 1. The first kappa shape index (κ1) is 15.5. The number of fused-ring (bicyclic) bond motifs is 2. The quantitative estimate of drug-likeness (QED) is 0.321. The van der Waals surface area contributed by atoms with E-state index >= 15 is 0 Å². The molecule has 2 N–H and O–H groups in total. The van der Waals surface area contributed by atoms with Gasteiger partial charge in [0.1, 0.15) is 10.9 Å². The van der Waals surface area contributed by atoms with Gasteiger partial charge in [0.05, 0.1) is 21.5 Å². The van der Waals surface area contributed by atoms with E-state index < -0.39 is 21.5 Å². The van der Waals surface area contributed by atoms with Crippen LogP contribution in [0.15, 0.2) is 62.9 Å². The van der Waals surface area contributed by atoms with E-state index in [1.54, 1.807) is 30.3 Å². The molecule has 4 rings (SSSR count). The van der Waals surface area contributed by atoms with Crippen molar-refractivity contribution in [1.29, 1.82) is 0 Å². The normalized spacial score (nSPS) is 11.1. The number of hydrogen-bond acceptors (Lipinski definition) is 5. The van der Waals surface area contributed by atoms with Crippen LogP contribution in [0, 0.1) is 10.1 Å². The van der Waals surface area contributed by atoms with Crippen molar-refractivity contribution in [2.24, 2.45) is 0 Å². The number of aromatic nitrogens is 3. The summed E-state index contributed by atoms with van der Waals surface area (Å²) in [6.45, 7) is 0. The molecule has 0 fully saturated rings. The maximum absolute atomic E-state index is 12.8. The largest absolute Gasteiger partial charge is 0.350 e. The lowest BCUT2D eigenvalue weighted by Crippen LogP contribution is -2.32. The summed E-state index contributed by atoms with van der Waals surface area (Å²) < 4.78 is 0.975. The highest BCUT2D eigenvalue weighted by Gasteiger charge is 2.17. The van der Waals surface area contributed by atoms with Crippen LogP contribution in [0.5, 0.6) is 0 Å². The van der Waals surface area contributed by atoms with Crippen molar-refractivity contribution in [2.45, 2.75) is 0 Å². The predicted molar refractivity (Wildman–Crippen MR) is 94.9 cm³/mol. The van der Waals surface area contributed by atoms with Crippen molar-refractivity contribution < 1.29 is 4.92 Å². The highest BCUT2D eigenvalue weighted by atomic mass is 16.6. The van der Waals surface area contributed by atoms with Gasteiger partial charge in [0.25, 0.3) is 16.8 Å². The highest BCUT2D eigenvalue weighted by Crippen LogP contribution is 2.18. The molecule has 4 aromatic rings. The van der Waals surface area contributed by atoms with E-state index in [0.29, 0.717) is 5.69 Å². The van der Waals surface area contributed by atoms with Crippen LogP contribution in [-0.2, 0) is 0 Å². The maximum Gasteiger partial charge on any atom is 0.287 e. The van der Waals surface area contributed by atoms with Gasteiger partial charge >= 0.3 is 0 Å². The van der Waals surface area contributed by atoms with Gasteiger partial charge in [0.15, 0.2) is 0 Å². The first-order chi connectivity index (χ1) is 12.5. The molecule has 0 atom stereocenters. The topological polar surface area (TPSA) is 131 Å². The third kappa shape index (κ3) is 2.22. The monoisotopic (exact) mass is 350 g/mol. The van der Waals surface area contributed by atoms with Gasteiger partial charge < -0.3 is 4.98 Å². The molecule has 2 heterocycles. The van der Waals surface area contributed by atoms with E-state index in [-0.39, 0.29) is 27.5 Å². The third-order valence-corrected chi connectivity index (χ3v) is 4.07. The molecule has 0 aliphatic heterocycles. The number of pyridine rings is 1. The maximum atomic E-state index is 12.8. The summed E-state index contributed by atoms with van der Waals surface area (Å²) in [6.07, 6.45) is 0. The Hall–Kier alpha value is -4.01. The standard InChI is InChI=1S/C17H10N4O5/c22-15-11-8-10(21(25)26)6-7-12(11)18-14-13(15)17(24)20(19-16(14)23)9-4-2-1-3-5-9/h1-8H,(H,18,22)(H,19,23). The van der Waals surface area contributed by atoms with Crippen LogP contribution < -0.4 is 16.5 Å². The second-order valence-electron chi connectivity index (χ2n) is 5.61. The summed E-state index contributed by atoms with van der Waals surface area (Å²) in [6, 6.07) is 11.9. The Bertz CT molecular complexity index is 1370. The molecule has 9 nitrogen and oxygen atoms in total. The molecule has 0 saturated heterocycles. The Morgan fingerprint density at radius 1 is 1.00 bits per heavy atom. The van der Waals surface area contributed by atoms with Crippen LogP contribution >= 0.6 is 0 Å². The fourth-order valence-corrected chi connectivity index (χ4v) is 2.84. The van der Waals surface area contributed by atoms with Gasteiger partial charge in [-0.3, -0.25) is 29.6 Å². The number of rotatable bonds is 2. The molecular formula is C17H10N4O5. The number of hydrogen-bond donors (Lipinski definition) is 2. The van der Waals surface area contributed by atoms with E-state index in [1.807, 2.05) is 0 Å². The van der Waals surface area contributed by atoms with Gasteiger partial charge in [-0.2, -0.15) is 0 Å². The number of nitrogens with one attached hydrogen (secondary N) is 2. The number of benzene rings is 2. The summed E-state index contributed by atoms with van der Waals surface area (Å²) in [5.41, 5.74) is -1.95. The summed E-state index contributed by atoms with van der Waals surface area (Å²) in [4.78, 5) is 51.1. The van der Waals surface area contributed by atoms with Crippen molar-refractivity contribution in [3.8, 4) is 5.69 Å². The summed E-state index contributed by atoms with van der Waals surface area (Å²) >= 11 is 0. The molecule has 0 spiro atoms. The molecule has 0 aliphatic rings. The van der Waals surface area contributed by atoms with E-state index in [1.165, 1.54) is 12.1 Å². The van der Waals surface area contributed by atoms with Gasteiger partial charge in [-0.05, 0) is 18.2 Å². The predicted octanol–water partition coefficient (Wildman–Crippen LogP) is 1.43. The van der Waals surface area contributed by atoms with Crippen LogP contribution in [-0.4, -0.2) is 19.7 Å². The van der Waals surface area contributed by atoms with E-state index in [0.717, 1.165) is 10.7 Å². The zero-order valence-corrected chi connectivity index (χ0v) is 13.1. The van der Waals surface area contributed by atoms with Crippen molar-refractivity contribution in [3.05, 3.63) is 89.6 Å². The van der Waals surface area contributed by atoms with Crippen molar-refractivity contribution in [1.82, 2.24) is 14.8 Å². The average Bonchev–Trinajstić information content (AvgIpc) is 2.65. The van der Waals surface area contributed by atoms with Crippen LogP contribution in [0.4, 0.5) is 5.69 Å². The second-order valence-corrected chi connectivity index (χ2v) is 5.61. The first-order valence-electron chi connectivity index (χ1n) is 7.52. The molecule has 9 heteroatoms. The summed E-state index contributed by atoms with van der Waals surface area (Å²) in [5, 5.41) is 13.0. The molecule has 0 amide bonds. The Kier molecular flexibility index (Phi) is 3.29. The zero-order chi connectivity index (χ0) is 18.4. The Morgan fingerprint density at radius 2 is 1.73 bits per heavy atom. The van der Waals surface area contributed by atoms with Crippen LogP contribution in [0.3, 0.4) is 0 Å². The molecule has 0 bridgehead atoms. The lowest BCUT2D eigenvalue weighted by molar-refractivity contribution is -0.384. The molecule has 0 radical (unpaired) electrons. The lowest BCUT2D eigenvalue weighted by atomic mass is 10.1. The first-order valence-corrected chi connectivity index (χ1v) is 7.52. The van der Waals surface area contributed by atoms with Gasteiger partial charge in [-0.15, -0.1) is 0 Å². The van der Waals surface area contributed by atoms with Crippen LogP contribution in [0.2, 0.25) is 0 Å². The minimum atomic E-state index is -0.738. The van der Waals surface area contributed by atoms with Gasteiger partial charge in [0.2, 0.25) is 5.43 Å².